The Morgan fingerprint density at radius 1 is 0.312 bits per heavy atom. The molecule has 0 amide bonds. The molecule has 0 bridgehead atoms. The van der Waals surface area contributed by atoms with Crippen LogP contribution in [0.2, 0.25) is 0 Å². The number of hydrogen-bond acceptors (Lipinski definition) is 15. The van der Waals surface area contributed by atoms with Crippen molar-refractivity contribution in [2.75, 3.05) is 39.6 Å². The number of carbonyl (C=O) groups excluding carboxylic acids is 4. The molecule has 0 rings (SSSR count). The Hall–Kier alpha value is -4.80. The van der Waals surface area contributed by atoms with Gasteiger partial charge in [-0.05, 0) is 116 Å². The SMILES string of the molecule is CC/C=C\C/C=C\C/C=C\C/C=C\C/C=C\CC(=O)OCC(COP(=O)(O)OCC(O)COP(=O)(O)OCC(COC(=O)CCCC/C=C\C/C=C\C/C=C\C/C=C\CC)OC(=O)CCCCCCC/C=C\C/C=C\CCC)OC(=O)CCCCCCCCCCCCCCC. The molecule has 5 atom stereocenters. The van der Waals surface area contributed by atoms with Gasteiger partial charge in [0.15, 0.2) is 12.2 Å². The van der Waals surface area contributed by atoms with E-state index in [1.807, 2.05) is 18.2 Å². The Bertz CT molecular complexity index is 2350. The van der Waals surface area contributed by atoms with Gasteiger partial charge in [0.2, 0.25) is 0 Å². The van der Waals surface area contributed by atoms with Gasteiger partial charge in [-0.1, -0.05) is 264 Å². The van der Waals surface area contributed by atoms with Crippen LogP contribution in [0.15, 0.2) is 134 Å². The Morgan fingerprint density at radius 3 is 0.990 bits per heavy atom. The lowest BCUT2D eigenvalue weighted by molar-refractivity contribution is -0.161. The summed E-state index contributed by atoms with van der Waals surface area (Å²) in [5, 5.41) is 10.6. The zero-order chi connectivity index (χ0) is 70.4. The summed E-state index contributed by atoms with van der Waals surface area (Å²) < 4.78 is 68.2. The third kappa shape index (κ3) is 67.8. The molecule has 0 radical (unpaired) electrons. The third-order valence-corrected chi connectivity index (χ3v) is 16.5. The summed E-state index contributed by atoms with van der Waals surface area (Å²) in [5.74, 6) is -2.39. The van der Waals surface area contributed by atoms with Crippen LogP contribution < -0.4 is 0 Å². The summed E-state index contributed by atoms with van der Waals surface area (Å²) in [6.07, 6.45) is 74.9. The maximum absolute atomic E-state index is 13.0. The van der Waals surface area contributed by atoms with Crippen molar-refractivity contribution in [1.29, 1.82) is 0 Å². The first-order valence-corrected chi connectivity index (χ1v) is 39.4. The van der Waals surface area contributed by atoms with E-state index in [1.165, 1.54) is 51.4 Å². The molecule has 548 valence electrons. The number of unbranched alkanes of at least 4 members (excludes halogenated alkanes) is 20. The topological polar surface area (TPSA) is 237 Å². The van der Waals surface area contributed by atoms with Crippen molar-refractivity contribution in [2.24, 2.45) is 0 Å². The number of hydrogen-bond donors (Lipinski definition) is 3. The lowest BCUT2D eigenvalue weighted by Crippen LogP contribution is -2.30. The highest BCUT2D eigenvalue weighted by Crippen LogP contribution is 2.45. The predicted octanol–water partition coefficient (Wildman–Crippen LogP) is 20.5. The van der Waals surface area contributed by atoms with E-state index in [4.69, 9.17) is 37.0 Å². The van der Waals surface area contributed by atoms with Crippen LogP contribution in [0.1, 0.15) is 272 Å². The van der Waals surface area contributed by atoms with Gasteiger partial charge in [0.05, 0.1) is 32.8 Å². The van der Waals surface area contributed by atoms with Crippen LogP contribution >= 0.6 is 15.6 Å². The number of phosphoric ester groups is 2. The van der Waals surface area contributed by atoms with Crippen molar-refractivity contribution >= 4 is 39.5 Å². The zero-order valence-electron chi connectivity index (χ0n) is 59.5. The van der Waals surface area contributed by atoms with Crippen LogP contribution in [0.25, 0.3) is 0 Å². The van der Waals surface area contributed by atoms with E-state index in [0.29, 0.717) is 25.7 Å². The van der Waals surface area contributed by atoms with Crippen LogP contribution in [0.3, 0.4) is 0 Å². The molecular weight excluding hydrogens is 1260 g/mol. The summed E-state index contributed by atoms with van der Waals surface area (Å²) in [4.78, 5) is 72.6. The first kappa shape index (κ1) is 91.2. The zero-order valence-corrected chi connectivity index (χ0v) is 61.3. The second-order valence-electron chi connectivity index (χ2n) is 23.8. The van der Waals surface area contributed by atoms with Crippen LogP contribution in [-0.4, -0.2) is 96.7 Å². The van der Waals surface area contributed by atoms with E-state index in [1.54, 1.807) is 6.08 Å². The molecule has 0 aliphatic rings. The number of esters is 4. The molecule has 19 heteroatoms. The van der Waals surface area contributed by atoms with Crippen LogP contribution in [0.4, 0.5) is 0 Å². The average Bonchev–Trinajstić information content (AvgIpc) is 1.14. The number of aliphatic hydroxyl groups excluding tert-OH is 1. The van der Waals surface area contributed by atoms with Gasteiger partial charge in [-0.15, -0.1) is 0 Å². The lowest BCUT2D eigenvalue weighted by Gasteiger charge is -2.21. The van der Waals surface area contributed by atoms with Crippen molar-refractivity contribution < 1.29 is 80.2 Å². The molecule has 0 aromatic rings. The van der Waals surface area contributed by atoms with Gasteiger partial charge in [0.25, 0.3) is 0 Å². The fourth-order valence-corrected chi connectivity index (χ4v) is 10.7. The van der Waals surface area contributed by atoms with Gasteiger partial charge in [-0.25, -0.2) is 9.13 Å². The minimum atomic E-state index is -4.99. The van der Waals surface area contributed by atoms with Crippen molar-refractivity contribution in [2.45, 2.75) is 290 Å². The number of ether oxygens (including phenoxy) is 4. The van der Waals surface area contributed by atoms with Gasteiger partial charge < -0.3 is 33.8 Å². The van der Waals surface area contributed by atoms with Crippen LogP contribution in [0.5, 0.6) is 0 Å². The van der Waals surface area contributed by atoms with Gasteiger partial charge in [0.1, 0.15) is 19.3 Å². The summed E-state index contributed by atoms with van der Waals surface area (Å²) in [6.45, 7) is 4.38. The second kappa shape index (κ2) is 68.7. The van der Waals surface area contributed by atoms with Crippen molar-refractivity contribution in [3.05, 3.63) is 134 Å². The van der Waals surface area contributed by atoms with Crippen LogP contribution in [0, 0.1) is 0 Å². The van der Waals surface area contributed by atoms with Crippen molar-refractivity contribution in [3.63, 3.8) is 0 Å². The monoisotopic (exact) mass is 1390 g/mol. The molecule has 0 spiro atoms. The highest BCUT2D eigenvalue weighted by molar-refractivity contribution is 7.47. The van der Waals surface area contributed by atoms with Gasteiger partial charge in [-0.3, -0.25) is 37.3 Å². The van der Waals surface area contributed by atoms with Gasteiger partial charge >= 0.3 is 39.5 Å². The number of carbonyl (C=O) groups is 4. The molecule has 5 unspecified atom stereocenters. The van der Waals surface area contributed by atoms with E-state index in [9.17, 15) is 43.2 Å². The Kier molecular flexibility index (Phi) is 65.3. The minimum Gasteiger partial charge on any atom is -0.462 e. The van der Waals surface area contributed by atoms with E-state index in [-0.39, 0.29) is 25.7 Å². The molecule has 0 aliphatic heterocycles. The van der Waals surface area contributed by atoms with Gasteiger partial charge in [0, 0.05) is 19.3 Å². The first-order valence-electron chi connectivity index (χ1n) is 36.4. The normalized spacial score (nSPS) is 14.8. The van der Waals surface area contributed by atoms with E-state index >= 15 is 0 Å². The highest BCUT2D eigenvalue weighted by atomic mass is 31.2. The molecule has 0 aromatic carbocycles. The fraction of sp³-hybridized carbons (Fsp3) is 0.662. The Morgan fingerprint density at radius 2 is 0.604 bits per heavy atom. The van der Waals surface area contributed by atoms with Gasteiger partial charge in [-0.2, -0.15) is 0 Å². The molecular formula is C77H128O17P2. The van der Waals surface area contributed by atoms with E-state index in [0.717, 1.165) is 141 Å². The first-order chi connectivity index (χ1) is 46.7. The largest absolute Gasteiger partial charge is 0.472 e. The lowest BCUT2D eigenvalue weighted by atomic mass is 10.0. The standard InChI is InChI=1S/C77H128O17P2/c1-5-9-13-17-21-25-29-33-35-39-41-45-49-53-57-61-74(79)87-67-72(93-76(81)63-59-55-51-47-43-37-31-27-23-19-15-11-7-3)69-91-95(83,84)89-65-71(78)66-90-96(85,86)92-70-73(94-77(82)64-60-56-52-48-44-38-32-28-24-20-16-12-8-4)68-88-75(80)62-58-54-50-46-42-40-36-34-30-26-22-18-14-10-6-2/h9-10,13-15,19,21-22,25-27,31,33-36,41-42,45-46,54,58,71-73,78H,5-8,11-12,16-18,20,23-24,28-30,32,37-40,43-44,47-53,55-57,59-70H2,1-4H3,(H,83,84)(H,85,86)/b13-9-,14-10-,19-15-,25-21-,26-22-,31-27-,35-33-,36-34-,45-41-,46-42-,58-54-. The molecule has 0 saturated carbocycles. The highest BCUT2D eigenvalue weighted by Gasteiger charge is 2.30. The maximum atomic E-state index is 13.0. The molecule has 0 fully saturated rings. The number of phosphoric acid groups is 2. The summed E-state index contributed by atoms with van der Waals surface area (Å²) in [6, 6.07) is 0. The third-order valence-electron chi connectivity index (χ3n) is 14.6. The molecule has 3 N–H and O–H groups in total. The minimum absolute atomic E-state index is 0.0644. The smallest absolute Gasteiger partial charge is 0.462 e. The molecule has 0 aliphatic carbocycles. The number of allylic oxidation sites excluding steroid dienone is 21. The summed E-state index contributed by atoms with van der Waals surface area (Å²) in [7, 11) is -9.99. The maximum Gasteiger partial charge on any atom is 0.472 e. The van der Waals surface area contributed by atoms with Crippen molar-refractivity contribution in [3.8, 4) is 0 Å². The van der Waals surface area contributed by atoms with E-state index < -0.39 is 97.5 Å². The molecule has 0 heterocycles. The van der Waals surface area contributed by atoms with Crippen molar-refractivity contribution in [1.82, 2.24) is 0 Å². The average molecular weight is 1390 g/mol. The predicted molar refractivity (Wildman–Crippen MR) is 390 cm³/mol. The summed E-state index contributed by atoms with van der Waals surface area (Å²) >= 11 is 0. The Labute approximate surface area is 580 Å². The second-order valence-corrected chi connectivity index (χ2v) is 26.7. The Balaban J connectivity index is 5.45. The quantitative estimate of drug-likeness (QED) is 0.0169. The molecule has 96 heavy (non-hydrogen) atoms. The van der Waals surface area contributed by atoms with E-state index in [2.05, 4.69) is 137 Å². The number of aliphatic hydroxyl groups is 1. The number of rotatable bonds is 67. The van der Waals surface area contributed by atoms with Crippen LogP contribution in [-0.2, 0) is 65.4 Å². The summed E-state index contributed by atoms with van der Waals surface area (Å²) in [5.41, 5.74) is 0. The molecule has 17 nitrogen and oxygen atoms in total. The fourth-order valence-electron chi connectivity index (χ4n) is 9.14. The molecule has 0 aromatic heterocycles. The molecule has 0 saturated heterocycles.